The van der Waals surface area contributed by atoms with E-state index < -0.39 is 0 Å². The highest BCUT2D eigenvalue weighted by atomic mass is 16.5. The number of urea groups is 1. The van der Waals surface area contributed by atoms with Gasteiger partial charge in [0, 0.05) is 19.0 Å². The lowest BCUT2D eigenvalue weighted by atomic mass is 9.68. The van der Waals surface area contributed by atoms with Crippen LogP contribution in [0.3, 0.4) is 0 Å². The van der Waals surface area contributed by atoms with Gasteiger partial charge < -0.3 is 15.4 Å². The molecule has 1 heterocycles. The van der Waals surface area contributed by atoms with Crippen molar-refractivity contribution < 1.29 is 9.53 Å². The van der Waals surface area contributed by atoms with Crippen LogP contribution in [-0.4, -0.2) is 31.8 Å². The summed E-state index contributed by atoms with van der Waals surface area (Å²) in [6.45, 7) is 1.70. The normalized spacial score (nSPS) is 39.4. The highest BCUT2D eigenvalue weighted by molar-refractivity contribution is 5.73. The average molecular weight is 210 g/mol. The minimum absolute atomic E-state index is 0.0728. The Bertz CT molecular complexity index is 301. The summed E-state index contributed by atoms with van der Waals surface area (Å²) in [5.74, 6) is 0.704. The molecule has 3 rings (SSSR count). The zero-order valence-electron chi connectivity index (χ0n) is 9.14. The van der Waals surface area contributed by atoms with Crippen LogP contribution in [0.1, 0.15) is 25.7 Å². The van der Waals surface area contributed by atoms with Crippen molar-refractivity contribution in [2.24, 2.45) is 11.3 Å². The molecular weight excluding hydrogens is 192 g/mol. The van der Waals surface area contributed by atoms with Gasteiger partial charge in [0.05, 0.1) is 12.2 Å². The zero-order valence-corrected chi connectivity index (χ0v) is 9.14. The lowest BCUT2D eigenvalue weighted by Crippen LogP contribution is -2.51. The monoisotopic (exact) mass is 210 g/mol. The standard InChI is InChI=1S/C11H18N2O2/c1-12-9(14)13-7-10-5-8(10)6-15-11(10)3-2-4-11/h8H,2-7H2,1H3,(H2,12,13,14)/t8-,10+/m0/s1. The number of rotatable bonds is 2. The fraction of sp³-hybridized carbons (Fsp3) is 0.909. The molecule has 1 saturated heterocycles. The third kappa shape index (κ3) is 1.08. The SMILES string of the molecule is CNC(=O)NC[C@]12C[C@H]1COC21CCC1. The molecule has 1 aliphatic heterocycles. The Morgan fingerprint density at radius 1 is 1.53 bits per heavy atom. The fourth-order valence-corrected chi connectivity index (χ4v) is 3.41. The van der Waals surface area contributed by atoms with Crippen LogP contribution in [0, 0.1) is 11.3 Å². The van der Waals surface area contributed by atoms with Crippen molar-refractivity contribution in [3.8, 4) is 0 Å². The molecule has 2 aliphatic carbocycles. The Labute approximate surface area is 89.7 Å². The first kappa shape index (κ1) is 9.46. The van der Waals surface area contributed by atoms with E-state index in [1.165, 1.54) is 25.7 Å². The van der Waals surface area contributed by atoms with Crippen molar-refractivity contribution in [1.29, 1.82) is 0 Å². The predicted molar refractivity (Wildman–Crippen MR) is 55.5 cm³/mol. The van der Waals surface area contributed by atoms with Crippen molar-refractivity contribution >= 4 is 6.03 Å². The van der Waals surface area contributed by atoms with Crippen LogP contribution >= 0.6 is 0 Å². The van der Waals surface area contributed by atoms with Gasteiger partial charge in [-0.1, -0.05) is 0 Å². The Balaban J connectivity index is 1.67. The first-order valence-corrected chi connectivity index (χ1v) is 5.82. The van der Waals surface area contributed by atoms with Crippen LogP contribution in [0.2, 0.25) is 0 Å². The first-order chi connectivity index (χ1) is 7.22. The second-order valence-corrected chi connectivity index (χ2v) is 5.15. The molecule has 3 aliphatic rings. The van der Waals surface area contributed by atoms with Gasteiger partial charge in [-0.05, 0) is 31.6 Å². The van der Waals surface area contributed by atoms with Crippen LogP contribution in [-0.2, 0) is 4.74 Å². The summed E-state index contributed by atoms with van der Waals surface area (Å²) in [5, 5.41) is 5.55. The maximum atomic E-state index is 11.2. The van der Waals surface area contributed by atoms with Gasteiger partial charge in [0.25, 0.3) is 0 Å². The quantitative estimate of drug-likeness (QED) is 0.710. The molecule has 84 valence electrons. The molecule has 2 amide bonds. The van der Waals surface area contributed by atoms with Gasteiger partial charge in [-0.25, -0.2) is 4.79 Å². The molecule has 2 saturated carbocycles. The summed E-state index contributed by atoms with van der Waals surface area (Å²) in [6, 6.07) is -0.0728. The molecule has 3 fully saturated rings. The van der Waals surface area contributed by atoms with Crippen LogP contribution in [0.15, 0.2) is 0 Å². The molecule has 2 N–H and O–H groups in total. The third-order valence-corrected chi connectivity index (χ3v) is 4.65. The van der Waals surface area contributed by atoms with E-state index >= 15 is 0 Å². The van der Waals surface area contributed by atoms with Crippen LogP contribution in [0.25, 0.3) is 0 Å². The van der Waals surface area contributed by atoms with Gasteiger partial charge in [-0.3, -0.25) is 0 Å². The van der Waals surface area contributed by atoms with Gasteiger partial charge in [-0.2, -0.15) is 0 Å². The van der Waals surface area contributed by atoms with E-state index in [1.54, 1.807) is 7.05 Å². The Morgan fingerprint density at radius 2 is 2.33 bits per heavy atom. The fourth-order valence-electron chi connectivity index (χ4n) is 3.41. The summed E-state index contributed by atoms with van der Waals surface area (Å²) in [6.07, 6.45) is 4.92. The summed E-state index contributed by atoms with van der Waals surface area (Å²) < 4.78 is 5.94. The highest BCUT2D eigenvalue weighted by Gasteiger charge is 2.73. The number of hydrogen-bond donors (Lipinski definition) is 2. The molecule has 15 heavy (non-hydrogen) atoms. The van der Waals surface area contributed by atoms with Crippen LogP contribution in [0.4, 0.5) is 4.79 Å². The molecule has 0 aromatic heterocycles. The minimum Gasteiger partial charge on any atom is -0.374 e. The molecule has 0 aromatic carbocycles. The van der Waals surface area contributed by atoms with E-state index in [0.717, 1.165) is 13.2 Å². The highest BCUT2D eigenvalue weighted by Crippen LogP contribution is 2.70. The number of carbonyl (C=O) groups is 1. The predicted octanol–water partition coefficient (Wildman–Crippen LogP) is 0.875. The van der Waals surface area contributed by atoms with Gasteiger partial charge >= 0.3 is 6.03 Å². The van der Waals surface area contributed by atoms with Gasteiger partial charge in [0.15, 0.2) is 0 Å². The Morgan fingerprint density at radius 3 is 2.87 bits per heavy atom. The summed E-state index contributed by atoms with van der Waals surface area (Å²) in [7, 11) is 1.65. The van der Waals surface area contributed by atoms with E-state index in [4.69, 9.17) is 4.74 Å². The Hall–Kier alpha value is -0.770. The van der Waals surface area contributed by atoms with Crippen molar-refractivity contribution in [3.05, 3.63) is 0 Å². The lowest BCUT2D eigenvalue weighted by Gasteiger charge is -2.45. The maximum absolute atomic E-state index is 11.2. The minimum atomic E-state index is -0.0728. The lowest BCUT2D eigenvalue weighted by molar-refractivity contribution is -0.109. The molecule has 4 heteroatoms. The van der Waals surface area contributed by atoms with Gasteiger partial charge in [0.1, 0.15) is 0 Å². The topological polar surface area (TPSA) is 50.4 Å². The average Bonchev–Trinajstić information content (AvgIpc) is 2.81. The summed E-state index contributed by atoms with van der Waals surface area (Å²) >= 11 is 0. The summed E-state index contributed by atoms with van der Waals surface area (Å²) in [5.41, 5.74) is 0.427. The summed E-state index contributed by atoms with van der Waals surface area (Å²) in [4.78, 5) is 11.2. The maximum Gasteiger partial charge on any atom is 0.314 e. The van der Waals surface area contributed by atoms with Gasteiger partial charge in [-0.15, -0.1) is 0 Å². The number of hydrogen-bond acceptors (Lipinski definition) is 2. The van der Waals surface area contributed by atoms with Crippen LogP contribution in [0.5, 0.6) is 0 Å². The smallest absolute Gasteiger partial charge is 0.314 e. The molecular formula is C11H18N2O2. The number of nitrogens with one attached hydrogen (secondary N) is 2. The van der Waals surface area contributed by atoms with Crippen molar-refractivity contribution in [2.45, 2.75) is 31.3 Å². The molecule has 0 bridgehead atoms. The molecule has 0 unspecified atom stereocenters. The second-order valence-electron chi connectivity index (χ2n) is 5.15. The van der Waals surface area contributed by atoms with E-state index in [-0.39, 0.29) is 17.0 Å². The third-order valence-electron chi connectivity index (χ3n) is 4.65. The number of amides is 2. The first-order valence-electron chi connectivity index (χ1n) is 5.82. The molecule has 0 radical (unpaired) electrons. The molecule has 4 nitrogen and oxygen atoms in total. The molecule has 0 aromatic rings. The molecule has 1 spiro atoms. The number of carbonyl (C=O) groups excluding carboxylic acids is 1. The number of fused-ring (bicyclic) bond motifs is 2. The molecule has 2 atom stereocenters. The van der Waals surface area contributed by atoms with Crippen molar-refractivity contribution in [3.63, 3.8) is 0 Å². The Kier molecular flexibility index (Phi) is 1.81. The zero-order chi connectivity index (χ0) is 10.5. The van der Waals surface area contributed by atoms with E-state index in [0.29, 0.717) is 5.92 Å². The second kappa shape index (κ2) is 2.88. The van der Waals surface area contributed by atoms with Crippen LogP contribution < -0.4 is 10.6 Å². The number of ether oxygens (including phenoxy) is 1. The van der Waals surface area contributed by atoms with E-state index in [9.17, 15) is 4.79 Å². The van der Waals surface area contributed by atoms with Gasteiger partial charge in [0.2, 0.25) is 0 Å². The van der Waals surface area contributed by atoms with Crippen molar-refractivity contribution in [2.75, 3.05) is 20.2 Å². The van der Waals surface area contributed by atoms with Crippen molar-refractivity contribution in [1.82, 2.24) is 10.6 Å². The largest absolute Gasteiger partial charge is 0.374 e. The van der Waals surface area contributed by atoms with E-state index in [1.807, 2.05) is 0 Å². The van der Waals surface area contributed by atoms with E-state index in [2.05, 4.69) is 10.6 Å².